The second kappa shape index (κ2) is 5.64. The maximum Gasteiger partial charge on any atom is 0.271 e. The Labute approximate surface area is 110 Å². The van der Waals surface area contributed by atoms with E-state index in [9.17, 15) is 18.5 Å². The Bertz CT molecular complexity index is 571. The molecular formula is C10H13ClN2O4S. The fraction of sp³-hybridized carbons (Fsp3) is 0.400. The summed E-state index contributed by atoms with van der Waals surface area (Å²) in [5.41, 5.74) is 0.794. The van der Waals surface area contributed by atoms with Crippen molar-refractivity contribution in [1.29, 1.82) is 0 Å². The summed E-state index contributed by atoms with van der Waals surface area (Å²) < 4.78 is 26.2. The van der Waals surface area contributed by atoms with Gasteiger partial charge in [0.05, 0.1) is 9.82 Å². The lowest BCUT2D eigenvalue weighted by atomic mass is 10.1. The molecule has 0 spiro atoms. The molecule has 0 aromatic heterocycles. The van der Waals surface area contributed by atoms with Crippen molar-refractivity contribution in [3.63, 3.8) is 0 Å². The number of halogens is 1. The SMILES string of the molecule is Cc1cc([N+](=O)[O-])cc(S(=O)(=O)NCCCl)c1C. The second-order valence-electron chi connectivity index (χ2n) is 3.73. The molecule has 0 saturated heterocycles. The highest BCUT2D eigenvalue weighted by Gasteiger charge is 2.21. The van der Waals surface area contributed by atoms with Crippen molar-refractivity contribution >= 4 is 27.3 Å². The molecule has 1 rings (SSSR count). The first kappa shape index (κ1) is 14.9. The number of aryl methyl sites for hydroxylation is 1. The second-order valence-corrected chi connectivity index (χ2v) is 5.84. The van der Waals surface area contributed by atoms with Gasteiger partial charge in [-0.3, -0.25) is 10.1 Å². The molecule has 0 unspecified atom stereocenters. The van der Waals surface area contributed by atoms with Gasteiger partial charge >= 0.3 is 0 Å². The molecule has 0 aliphatic heterocycles. The first-order valence-electron chi connectivity index (χ1n) is 5.11. The number of hydrogen-bond donors (Lipinski definition) is 1. The van der Waals surface area contributed by atoms with Gasteiger partial charge in [-0.2, -0.15) is 0 Å². The molecule has 0 atom stereocenters. The van der Waals surface area contributed by atoms with Gasteiger partial charge in [0.1, 0.15) is 0 Å². The molecule has 0 heterocycles. The van der Waals surface area contributed by atoms with Crippen LogP contribution in [0.3, 0.4) is 0 Å². The summed E-state index contributed by atoms with van der Waals surface area (Å²) in [6.45, 7) is 3.31. The topological polar surface area (TPSA) is 89.3 Å². The Morgan fingerprint density at radius 1 is 1.39 bits per heavy atom. The van der Waals surface area contributed by atoms with E-state index in [1.54, 1.807) is 13.8 Å². The van der Waals surface area contributed by atoms with Gasteiger partial charge in [0, 0.05) is 24.6 Å². The summed E-state index contributed by atoms with van der Waals surface area (Å²) in [4.78, 5) is 10.0. The lowest BCUT2D eigenvalue weighted by Crippen LogP contribution is -2.26. The van der Waals surface area contributed by atoms with Gasteiger partial charge in [-0.15, -0.1) is 11.6 Å². The zero-order chi connectivity index (χ0) is 13.9. The molecule has 1 aromatic rings. The highest BCUT2D eigenvalue weighted by atomic mass is 35.5. The number of nitrogens with zero attached hydrogens (tertiary/aromatic N) is 1. The van der Waals surface area contributed by atoms with Crippen molar-refractivity contribution in [2.75, 3.05) is 12.4 Å². The molecule has 0 aliphatic rings. The minimum atomic E-state index is -3.77. The number of nitro groups is 1. The third-order valence-corrected chi connectivity index (χ3v) is 4.27. The van der Waals surface area contributed by atoms with Gasteiger partial charge in [0.25, 0.3) is 5.69 Å². The van der Waals surface area contributed by atoms with E-state index in [0.717, 1.165) is 6.07 Å². The molecule has 0 radical (unpaired) electrons. The van der Waals surface area contributed by atoms with E-state index in [2.05, 4.69) is 4.72 Å². The van der Waals surface area contributed by atoms with Gasteiger partial charge < -0.3 is 0 Å². The summed E-state index contributed by atoms with van der Waals surface area (Å²) >= 11 is 5.41. The van der Waals surface area contributed by atoms with E-state index in [1.165, 1.54) is 6.07 Å². The first-order chi connectivity index (χ1) is 8.29. The molecule has 0 aliphatic carbocycles. The molecule has 18 heavy (non-hydrogen) atoms. The van der Waals surface area contributed by atoms with Crippen molar-refractivity contribution in [3.05, 3.63) is 33.4 Å². The molecule has 0 bridgehead atoms. The van der Waals surface area contributed by atoms with Crippen molar-refractivity contribution in [3.8, 4) is 0 Å². The van der Waals surface area contributed by atoms with E-state index in [1.807, 2.05) is 0 Å². The largest absolute Gasteiger partial charge is 0.271 e. The number of rotatable bonds is 5. The quantitative estimate of drug-likeness (QED) is 0.508. The van der Waals surface area contributed by atoms with Crippen molar-refractivity contribution in [1.82, 2.24) is 4.72 Å². The highest BCUT2D eigenvalue weighted by Crippen LogP contribution is 2.25. The van der Waals surface area contributed by atoms with Gasteiger partial charge in [0.15, 0.2) is 0 Å². The highest BCUT2D eigenvalue weighted by molar-refractivity contribution is 7.89. The van der Waals surface area contributed by atoms with Gasteiger partial charge in [-0.1, -0.05) is 0 Å². The molecule has 0 fully saturated rings. The molecule has 1 N–H and O–H groups in total. The predicted molar refractivity (Wildman–Crippen MR) is 68.5 cm³/mol. The fourth-order valence-corrected chi connectivity index (χ4v) is 3.02. The van der Waals surface area contributed by atoms with Gasteiger partial charge in [0.2, 0.25) is 10.0 Å². The Morgan fingerprint density at radius 2 is 2.00 bits per heavy atom. The molecule has 6 nitrogen and oxygen atoms in total. The molecule has 8 heteroatoms. The smallest absolute Gasteiger partial charge is 0.258 e. The van der Waals surface area contributed by atoms with Crippen LogP contribution in [0.2, 0.25) is 0 Å². The van der Waals surface area contributed by atoms with Crippen LogP contribution in [-0.2, 0) is 10.0 Å². The van der Waals surface area contributed by atoms with Crippen LogP contribution in [0.25, 0.3) is 0 Å². The first-order valence-corrected chi connectivity index (χ1v) is 7.12. The minimum absolute atomic E-state index is 0.0745. The lowest BCUT2D eigenvalue weighted by Gasteiger charge is -2.10. The van der Waals surface area contributed by atoms with Crippen LogP contribution in [0, 0.1) is 24.0 Å². The van der Waals surface area contributed by atoms with Crippen molar-refractivity contribution < 1.29 is 13.3 Å². The average Bonchev–Trinajstić information content (AvgIpc) is 2.29. The summed E-state index contributed by atoms with van der Waals surface area (Å²) in [5.74, 6) is 0.131. The maximum absolute atomic E-state index is 11.9. The van der Waals surface area contributed by atoms with Gasteiger partial charge in [-0.05, 0) is 25.0 Å². The van der Waals surface area contributed by atoms with E-state index in [4.69, 9.17) is 11.6 Å². The summed E-state index contributed by atoms with van der Waals surface area (Å²) in [7, 11) is -3.77. The Kier molecular flexibility index (Phi) is 4.66. The summed E-state index contributed by atoms with van der Waals surface area (Å²) in [6, 6.07) is 2.40. The average molecular weight is 293 g/mol. The van der Waals surface area contributed by atoms with Crippen LogP contribution in [-0.4, -0.2) is 25.8 Å². The molecule has 0 saturated carbocycles. The molecular weight excluding hydrogens is 280 g/mol. The Balaban J connectivity index is 3.35. The predicted octanol–water partition coefficient (Wildman–Crippen LogP) is 1.73. The summed E-state index contributed by atoms with van der Waals surface area (Å²) in [5, 5.41) is 10.7. The van der Waals surface area contributed by atoms with E-state index >= 15 is 0 Å². The van der Waals surface area contributed by atoms with E-state index in [0.29, 0.717) is 11.1 Å². The Morgan fingerprint density at radius 3 is 2.50 bits per heavy atom. The third-order valence-electron chi connectivity index (χ3n) is 2.49. The number of alkyl halides is 1. The van der Waals surface area contributed by atoms with E-state index < -0.39 is 14.9 Å². The van der Waals surface area contributed by atoms with Crippen LogP contribution in [0.5, 0.6) is 0 Å². The van der Waals surface area contributed by atoms with Crippen LogP contribution in [0.15, 0.2) is 17.0 Å². The van der Waals surface area contributed by atoms with Crippen LogP contribution in [0.4, 0.5) is 5.69 Å². The standard InChI is InChI=1S/C10H13ClN2O4S/c1-7-5-9(13(14)15)6-10(8(7)2)18(16,17)12-4-3-11/h5-6,12H,3-4H2,1-2H3. The number of hydrogen-bond acceptors (Lipinski definition) is 4. The van der Waals surface area contributed by atoms with Crippen molar-refractivity contribution in [2.24, 2.45) is 0 Å². The van der Waals surface area contributed by atoms with Crippen LogP contribution < -0.4 is 4.72 Å². The number of non-ortho nitro benzene ring substituents is 1. The third kappa shape index (κ3) is 3.18. The zero-order valence-corrected chi connectivity index (χ0v) is 11.5. The molecule has 1 aromatic carbocycles. The van der Waals surface area contributed by atoms with Gasteiger partial charge in [-0.25, -0.2) is 13.1 Å². The minimum Gasteiger partial charge on any atom is -0.258 e. The number of nitro benzene ring substituents is 1. The van der Waals surface area contributed by atoms with E-state index in [-0.39, 0.29) is 23.0 Å². The number of benzene rings is 1. The monoisotopic (exact) mass is 292 g/mol. The Hall–Kier alpha value is -1.18. The molecule has 0 amide bonds. The maximum atomic E-state index is 11.9. The lowest BCUT2D eigenvalue weighted by molar-refractivity contribution is -0.385. The zero-order valence-electron chi connectivity index (χ0n) is 9.94. The fourth-order valence-electron chi connectivity index (χ4n) is 1.44. The molecule has 100 valence electrons. The van der Waals surface area contributed by atoms with Crippen molar-refractivity contribution in [2.45, 2.75) is 18.7 Å². The van der Waals surface area contributed by atoms with Crippen LogP contribution in [0.1, 0.15) is 11.1 Å². The number of nitrogens with one attached hydrogen (secondary N) is 1. The van der Waals surface area contributed by atoms with Crippen LogP contribution >= 0.6 is 11.6 Å². The normalized spacial score (nSPS) is 11.5. The summed E-state index contributed by atoms with van der Waals surface area (Å²) in [6.07, 6.45) is 0. The number of sulfonamides is 1.